The molecular weight excluding hydrogens is 306 g/mol. The zero-order valence-electron chi connectivity index (χ0n) is 18.4. The molecule has 1 aromatic carbocycles. The maximum atomic E-state index is 6.11. The van der Waals surface area contributed by atoms with Crippen molar-refractivity contribution in [1.82, 2.24) is 4.90 Å². The van der Waals surface area contributed by atoms with Gasteiger partial charge in [-0.15, -0.1) is 0 Å². The molecule has 2 saturated heterocycles. The lowest BCUT2D eigenvalue weighted by molar-refractivity contribution is -0.0210. The van der Waals surface area contributed by atoms with E-state index in [1.165, 1.54) is 11.1 Å². The topological polar surface area (TPSA) is 12.5 Å². The molecule has 25 heavy (non-hydrogen) atoms. The van der Waals surface area contributed by atoms with Crippen LogP contribution in [0.1, 0.15) is 79.8 Å². The van der Waals surface area contributed by atoms with Gasteiger partial charge >= 0.3 is 0 Å². The third kappa shape index (κ3) is 6.95. The third-order valence-corrected chi connectivity index (χ3v) is 4.06. The maximum absolute atomic E-state index is 6.11. The molecule has 2 aliphatic rings. The number of benzene rings is 1. The Balaban J connectivity index is 0. The van der Waals surface area contributed by atoms with Gasteiger partial charge in [0.2, 0.25) is 0 Å². The van der Waals surface area contributed by atoms with Crippen LogP contribution in [-0.4, -0.2) is 30.7 Å². The smallest absolute Gasteiger partial charge is 0.0932 e. The molecule has 0 bridgehead atoms. The van der Waals surface area contributed by atoms with Gasteiger partial charge in [-0.25, -0.2) is 0 Å². The first-order valence-corrected chi connectivity index (χ1v) is 10.3. The van der Waals surface area contributed by atoms with Gasteiger partial charge in [0.15, 0.2) is 0 Å². The number of hydrogen-bond donors (Lipinski definition) is 0. The molecule has 0 amide bonds. The maximum Gasteiger partial charge on any atom is 0.0932 e. The average Bonchev–Trinajstić information content (AvgIpc) is 3.24. The van der Waals surface area contributed by atoms with Crippen molar-refractivity contribution in [1.29, 1.82) is 0 Å². The van der Waals surface area contributed by atoms with Gasteiger partial charge in [0, 0.05) is 13.0 Å². The van der Waals surface area contributed by atoms with Crippen molar-refractivity contribution < 1.29 is 4.74 Å². The molecule has 2 aliphatic heterocycles. The molecule has 146 valence electrons. The molecule has 0 saturated carbocycles. The highest BCUT2D eigenvalue weighted by Crippen LogP contribution is 2.48. The predicted molar refractivity (Wildman–Crippen MR) is 114 cm³/mol. The number of nitrogens with zero attached hydrogens (tertiary/aromatic N) is 1. The zero-order valence-corrected chi connectivity index (χ0v) is 18.4. The summed E-state index contributed by atoms with van der Waals surface area (Å²) in [6.07, 6.45) is 2.12. The van der Waals surface area contributed by atoms with Crippen molar-refractivity contribution in [3.8, 4) is 0 Å². The van der Waals surface area contributed by atoms with Gasteiger partial charge in [-0.2, -0.15) is 0 Å². The van der Waals surface area contributed by atoms with E-state index in [1.54, 1.807) is 0 Å². The van der Waals surface area contributed by atoms with Gasteiger partial charge in [-0.1, -0.05) is 92.3 Å². The summed E-state index contributed by atoms with van der Waals surface area (Å²) in [5.74, 6) is 0. The number of rotatable bonds is 1. The van der Waals surface area contributed by atoms with Gasteiger partial charge in [-0.05, 0) is 24.6 Å². The Hall–Kier alpha value is -1.12. The van der Waals surface area contributed by atoms with Crippen molar-refractivity contribution in [2.75, 3.05) is 20.2 Å². The second-order valence-electron chi connectivity index (χ2n) is 5.32. The summed E-state index contributed by atoms with van der Waals surface area (Å²) >= 11 is 0. The van der Waals surface area contributed by atoms with Gasteiger partial charge < -0.3 is 4.74 Å². The molecule has 2 unspecified atom stereocenters. The first-order valence-electron chi connectivity index (χ1n) is 10.3. The van der Waals surface area contributed by atoms with Crippen LogP contribution in [0.5, 0.6) is 0 Å². The van der Waals surface area contributed by atoms with Crippen LogP contribution in [0.4, 0.5) is 0 Å². The van der Waals surface area contributed by atoms with Gasteiger partial charge in [0.1, 0.15) is 0 Å². The summed E-state index contributed by atoms with van der Waals surface area (Å²) in [7, 11) is 2.19. The van der Waals surface area contributed by atoms with Crippen LogP contribution < -0.4 is 0 Å². The van der Waals surface area contributed by atoms with E-state index < -0.39 is 0 Å². The van der Waals surface area contributed by atoms with E-state index >= 15 is 0 Å². The summed E-state index contributed by atoms with van der Waals surface area (Å²) < 4.78 is 6.11. The molecule has 2 heterocycles. The van der Waals surface area contributed by atoms with Crippen molar-refractivity contribution in [2.45, 2.75) is 79.9 Å². The van der Waals surface area contributed by atoms with Crippen LogP contribution in [0.15, 0.2) is 42.5 Å². The lowest BCUT2D eigenvalue weighted by Gasteiger charge is -2.33. The molecule has 0 radical (unpaired) electrons. The van der Waals surface area contributed by atoms with Crippen molar-refractivity contribution in [3.63, 3.8) is 0 Å². The lowest BCUT2D eigenvalue weighted by Crippen LogP contribution is -2.35. The molecule has 1 aromatic rings. The standard InChI is InChI=1S/C15H19NO.4C2H6/c1-12-10-15(17-11-12)8-9-16(2)14(15)13-6-4-3-5-7-13;4*1-2/h3-7,14H,1,8-11H2,2H3;4*1-2H3. The van der Waals surface area contributed by atoms with E-state index in [9.17, 15) is 0 Å². The van der Waals surface area contributed by atoms with E-state index in [-0.39, 0.29) is 5.60 Å². The molecule has 2 nitrogen and oxygen atoms in total. The Morgan fingerprint density at radius 1 is 0.960 bits per heavy atom. The van der Waals surface area contributed by atoms with Gasteiger partial charge in [-0.3, -0.25) is 4.90 Å². The van der Waals surface area contributed by atoms with Gasteiger partial charge in [0.25, 0.3) is 0 Å². The largest absolute Gasteiger partial charge is 0.368 e. The second-order valence-corrected chi connectivity index (χ2v) is 5.32. The van der Waals surface area contributed by atoms with Crippen molar-refractivity contribution >= 4 is 0 Å². The zero-order chi connectivity index (χ0) is 19.9. The number of likely N-dealkylation sites (tertiary alicyclic amines) is 1. The van der Waals surface area contributed by atoms with E-state index in [0.717, 1.165) is 26.0 Å². The van der Waals surface area contributed by atoms with Crippen LogP contribution >= 0.6 is 0 Å². The molecule has 1 spiro atoms. The van der Waals surface area contributed by atoms with Gasteiger partial charge in [0.05, 0.1) is 18.2 Å². The highest BCUT2D eigenvalue weighted by molar-refractivity contribution is 5.27. The Labute approximate surface area is 158 Å². The highest BCUT2D eigenvalue weighted by atomic mass is 16.5. The fraction of sp³-hybridized carbons (Fsp3) is 0.652. The fourth-order valence-corrected chi connectivity index (χ4v) is 3.33. The van der Waals surface area contributed by atoms with Crippen molar-refractivity contribution in [2.24, 2.45) is 0 Å². The Bertz CT molecular complexity index is 429. The molecule has 0 aliphatic carbocycles. The van der Waals surface area contributed by atoms with Crippen LogP contribution in [-0.2, 0) is 4.74 Å². The third-order valence-electron chi connectivity index (χ3n) is 4.06. The molecule has 3 rings (SSSR count). The Morgan fingerprint density at radius 2 is 1.48 bits per heavy atom. The Morgan fingerprint density at radius 3 is 1.92 bits per heavy atom. The SMILES string of the molecule is C=C1COC2(CCN(C)C2c2ccccc2)C1.CC.CC.CC.CC. The minimum atomic E-state index is -0.0206. The van der Waals surface area contributed by atoms with Crippen LogP contribution in [0, 0.1) is 0 Å². The minimum Gasteiger partial charge on any atom is -0.368 e. The normalized spacial score (nSPS) is 23.9. The predicted octanol–water partition coefficient (Wildman–Crippen LogP) is 6.88. The summed E-state index contributed by atoms with van der Waals surface area (Å²) in [4.78, 5) is 2.41. The first-order chi connectivity index (χ1) is 12.2. The molecular formula is C23H43NO. The van der Waals surface area contributed by atoms with Crippen molar-refractivity contribution in [3.05, 3.63) is 48.0 Å². The lowest BCUT2D eigenvalue weighted by atomic mass is 9.86. The molecule has 2 heteroatoms. The first kappa shape index (κ1) is 26.1. The summed E-state index contributed by atoms with van der Waals surface area (Å²) in [5, 5.41) is 0. The highest BCUT2D eigenvalue weighted by Gasteiger charge is 2.50. The summed E-state index contributed by atoms with van der Waals surface area (Å²) in [6, 6.07) is 11.1. The molecule has 0 N–H and O–H groups in total. The van der Waals surface area contributed by atoms with Crippen LogP contribution in [0.2, 0.25) is 0 Å². The summed E-state index contributed by atoms with van der Waals surface area (Å²) in [5.41, 5.74) is 2.58. The monoisotopic (exact) mass is 349 g/mol. The van der Waals surface area contributed by atoms with Crippen LogP contribution in [0.3, 0.4) is 0 Å². The number of ether oxygens (including phenoxy) is 1. The quantitative estimate of drug-likeness (QED) is 0.512. The van der Waals surface area contributed by atoms with E-state index in [0.29, 0.717) is 6.04 Å². The molecule has 2 atom stereocenters. The van der Waals surface area contributed by atoms with E-state index in [4.69, 9.17) is 4.74 Å². The fourth-order valence-electron chi connectivity index (χ4n) is 3.33. The minimum absolute atomic E-state index is 0.0206. The molecule has 0 aromatic heterocycles. The Kier molecular flexibility index (Phi) is 15.8. The average molecular weight is 350 g/mol. The second kappa shape index (κ2) is 15.2. The van der Waals surface area contributed by atoms with E-state index in [1.807, 2.05) is 55.4 Å². The summed E-state index contributed by atoms with van der Waals surface area (Å²) in [6.45, 7) is 21.9. The number of hydrogen-bond acceptors (Lipinski definition) is 2. The number of likely N-dealkylation sites (N-methyl/N-ethyl adjacent to an activating group) is 1. The van der Waals surface area contributed by atoms with E-state index in [2.05, 4.69) is 48.9 Å². The molecule has 2 fully saturated rings. The van der Waals surface area contributed by atoms with Crippen LogP contribution in [0.25, 0.3) is 0 Å².